The highest BCUT2D eigenvalue weighted by atomic mass is 35.5. The van der Waals surface area contributed by atoms with Gasteiger partial charge in [0.1, 0.15) is 10.8 Å². The summed E-state index contributed by atoms with van der Waals surface area (Å²) in [6.45, 7) is 2.13. The molecule has 1 aliphatic carbocycles. The molecule has 0 saturated carbocycles. The number of halogens is 1. The van der Waals surface area contributed by atoms with Crippen molar-refractivity contribution in [3.05, 3.63) is 45.3 Å². The third kappa shape index (κ3) is 4.34. The fourth-order valence-electron chi connectivity index (χ4n) is 3.16. The Morgan fingerprint density at radius 1 is 1.30 bits per heavy atom. The van der Waals surface area contributed by atoms with Gasteiger partial charge in [0.2, 0.25) is 5.91 Å². The number of amides is 2. The Kier molecular flexibility index (Phi) is 5.60. The van der Waals surface area contributed by atoms with Gasteiger partial charge in [-0.25, -0.2) is 8.42 Å². The van der Waals surface area contributed by atoms with Gasteiger partial charge in [0, 0.05) is 9.90 Å². The average Bonchev–Trinajstić information content (AvgIpc) is 2.91. The summed E-state index contributed by atoms with van der Waals surface area (Å²) in [4.78, 5) is 25.3. The molecule has 1 aromatic carbocycles. The van der Waals surface area contributed by atoms with E-state index in [2.05, 4.69) is 12.2 Å². The van der Waals surface area contributed by atoms with E-state index in [1.54, 1.807) is 0 Å². The van der Waals surface area contributed by atoms with E-state index in [1.807, 2.05) is 0 Å². The van der Waals surface area contributed by atoms with Crippen LogP contribution in [0.15, 0.2) is 29.2 Å². The van der Waals surface area contributed by atoms with Crippen molar-refractivity contribution < 1.29 is 18.0 Å². The lowest BCUT2D eigenvalue weighted by atomic mass is 9.88. The molecule has 0 unspecified atom stereocenters. The number of fused-ring (bicyclic) bond motifs is 1. The van der Waals surface area contributed by atoms with E-state index in [0.717, 1.165) is 29.7 Å². The van der Waals surface area contributed by atoms with E-state index < -0.39 is 27.4 Å². The number of anilines is 1. The molecule has 1 atom stereocenters. The van der Waals surface area contributed by atoms with Crippen molar-refractivity contribution in [1.29, 1.82) is 0 Å². The lowest BCUT2D eigenvalue weighted by molar-refractivity contribution is -0.113. The third-order valence-corrected chi connectivity index (χ3v) is 7.56. The number of thiophene rings is 1. The van der Waals surface area contributed by atoms with Gasteiger partial charge in [-0.1, -0.05) is 18.5 Å². The minimum absolute atomic E-state index is 0.0106. The molecule has 6 nitrogen and oxygen atoms in total. The molecule has 0 spiro atoms. The number of carbonyl (C=O) groups excluding carboxylic acids is 2. The number of carbonyl (C=O) groups is 2. The number of hydrogen-bond donors (Lipinski definition) is 2. The topological polar surface area (TPSA) is 106 Å². The van der Waals surface area contributed by atoms with Gasteiger partial charge in [0.15, 0.2) is 9.84 Å². The normalized spacial score (nSPS) is 16.6. The first-order chi connectivity index (χ1) is 12.7. The Balaban J connectivity index is 1.82. The van der Waals surface area contributed by atoms with Gasteiger partial charge in [-0.2, -0.15) is 0 Å². The number of rotatable bonds is 5. The van der Waals surface area contributed by atoms with E-state index in [0.29, 0.717) is 21.5 Å². The van der Waals surface area contributed by atoms with Gasteiger partial charge in [-0.3, -0.25) is 9.59 Å². The Bertz CT molecular complexity index is 997. The Morgan fingerprint density at radius 2 is 1.96 bits per heavy atom. The van der Waals surface area contributed by atoms with Crippen LogP contribution >= 0.6 is 22.9 Å². The zero-order valence-corrected chi connectivity index (χ0v) is 17.0. The van der Waals surface area contributed by atoms with Crippen molar-refractivity contribution >= 4 is 49.6 Å². The molecule has 3 N–H and O–H groups in total. The summed E-state index contributed by atoms with van der Waals surface area (Å²) in [6, 6.07) is 5.61. The van der Waals surface area contributed by atoms with Crippen molar-refractivity contribution in [2.75, 3.05) is 11.1 Å². The zero-order chi connectivity index (χ0) is 19.8. The largest absolute Gasteiger partial charge is 0.365 e. The van der Waals surface area contributed by atoms with Crippen LogP contribution in [0.3, 0.4) is 0 Å². The number of primary amides is 1. The van der Waals surface area contributed by atoms with Crippen LogP contribution in [0.1, 0.15) is 34.1 Å². The highest BCUT2D eigenvalue weighted by molar-refractivity contribution is 7.92. The van der Waals surface area contributed by atoms with Crippen molar-refractivity contribution in [1.82, 2.24) is 0 Å². The van der Waals surface area contributed by atoms with E-state index in [1.165, 1.54) is 35.6 Å². The van der Waals surface area contributed by atoms with Crippen LogP contribution in [0, 0.1) is 5.92 Å². The molecule has 0 aliphatic heterocycles. The standard InChI is InChI=1S/C18H19ClN2O4S2/c1-10-2-7-13-14(8-10)26-18(16(13)17(20)23)21-15(22)9-27(24,25)12-5-3-11(19)4-6-12/h3-6,10H,2,7-9H2,1H3,(H2,20,23)(H,21,22)/t10-/m0/s1. The summed E-state index contributed by atoms with van der Waals surface area (Å²) in [5, 5.41) is 3.31. The summed E-state index contributed by atoms with van der Waals surface area (Å²) in [7, 11) is -3.82. The second-order valence-corrected chi connectivity index (χ2v) is 10.2. The van der Waals surface area contributed by atoms with Crippen molar-refractivity contribution in [3.63, 3.8) is 0 Å². The van der Waals surface area contributed by atoms with Crippen LogP contribution in [0.4, 0.5) is 5.00 Å². The number of benzene rings is 1. The maximum absolute atomic E-state index is 12.4. The van der Waals surface area contributed by atoms with Gasteiger partial charge >= 0.3 is 0 Å². The van der Waals surface area contributed by atoms with E-state index in [-0.39, 0.29) is 4.90 Å². The Labute approximate surface area is 166 Å². The lowest BCUT2D eigenvalue weighted by Gasteiger charge is -2.18. The summed E-state index contributed by atoms with van der Waals surface area (Å²) >= 11 is 7.07. The van der Waals surface area contributed by atoms with Crippen molar-refractivity contribution in [2.24, 2.45) is 11.7 Å². The number of sulfone groups is 1. The zero-order valence-electron chi connectivity index (χ0n) is 14.6. The lowest BCUT2D eigenvalue weighted by Crippen LogP contribution is -2.24. The van der Waals surface area contributed by atoms with Gasteiger partial charge in [-0.15, -0.1) is 11.3 Å². The Morgan fingerprint density at radius 3 is 2.59 bits per heavy atom. The second-order valence-electron chi connectivity index (χ2n) is 6.68. The molecule has 27 heavy (non-hydrogen) atoms. The summed E-state index contributed by atoms with van der Waals surface area (Å²) in [5.74, 6) is -1.56. The maximum Gasteiger partial charge on any atom is 0.251 e. The summed E-state index contributed by atoms with van der Waals surface area (Å²) < 4.78 is 24.8. The minimum atomic E-state index is -3.82. The molecule has 0 radical (unpaired) electrons. The number of nitrogens with two attached hydrogens (primary N) is 1. The molecule has 0 saturated heterocycles. The quantitative estimate of drug-likeness (QED) is 0.766. The molecule has 1 aliphatic rings. The fourth-order valence-corrected chi connectivity index (χ4v) is 5.85. The molecule has 3 rings (SSSR count). The first kappa shape index (κ1) is 19.9. The molecular weight excluding hydrogens is 408 g/mol. The number of nitrogens with one attached hydrogen (secondary N) is 1. The Hall–Kier alpha value is -1.90. The number of hydrogen-bond acceptors (Lipinski definition) is 5. The molecule has 0 fully saturated rings. The molecular formula is C18H19ClN2O4S2. The van der Waals surface area contributed by atoms with Crippen LogP contribution in [-0.4, -0.2) is 26.0 Å². The molecule has 1 heterocycles. The maximum atomic E-state index is 12.4. The smallest absolute Gasteiger partial charge is 0.251 e. The predicted molar refractivity (Wildman–Crippen MR) is 106 cm³/mol. The molecule has 2 aromatic rings. The molecule has 2 amide bonds. The molecule has 144 valence electrons. The van der Waals surface area contributed by atoms with Crippen LogP contribution < -0.4 is 11.1 Å². The van der Waals surface area contributed by atoms with E-state index in [4.69, 9.17) is 17.3 Å². The van der Waals surface area contributed by atoms with Crippen LogP contribution in [0.5, 0.6) is 0 Å². The van der Waals surface area contributed by atoms with Gasteiger partial charge in [0.05, 0.1) is 10.5 Å². The van der Waals surface area contributed by atoms with Gasteiger partial charge in [0.25, 0.3) is 5.91 Å². The second kappa shape index (κ2) is 7.61. The highest BCUT2D eigenvalue weighted by Gasteiger charge is 2.28. The van der Waals surface area contributed by atoms with E-state index >= 15 is 0 Å². The van der Waals surface area contributed by atoms with Crippen LogP contribution in [-0.2, 0) is 27.5 Å². The van der Waals surface area contributed by atoms with Crippen LogP contribution in [0.2, 0.25) is 5.02 Å². The fraction of sp³-hybridized carbons (Fsp3) is 0.333. The van der Waals surface area contributed by atoms with E-state index in [9.17, 15) is 18.0 Å². The van der Waals surface area contributed by atoms with Gasteiger partial charge < -0.3 is 11.1 Å². The third-order valence-electron chi connectivity index (χ3n) is 4.50. The van der Waals surface area contributed by atoms with Crippen molar-refractivity contribution in [3.8, 4) is 0 Å². The molecule has 1 aromatic heterocycles. The predicted octanol–water partition coefficient (Wildman–Crippen LogP) is 3.04. The average molecular weight is 427 g/mol. The monoisotopic (exact) mass is 426 g/mol. The first-order valence-electron chi connectivity index (χ1n) is 8.40. The first-order valence-corrected chi connectivity index (χ1v) is 11.2. The highest BCUT2D eigenvalue weighted by Crippen LogP contribution is 2.39. The SMILES string of the molecule is C[C@H]1CCc2c(sc(NC(=O)CS(=O)(=O)c3ccc(Cl)cc3)c2C(N)=O)C1. The minimum Gasteiger partial charge on any atom is -0.365 e. The molecule has 9 heteroatoms. The van der Waals surface area contributed by atoms with Crippen molar-refractivity contribution in [2.45, 2.75) is 31.1 Å². The summed E-state index contributed by atoms with van der Waals surface area (Å²) in [6.07, 6.45) is 2.49. The summed E-state index contributed by atoms with van der Waals surface area (Å²) in [5.41, 5.74) is 6.69. The van der Waals surface area contributed by atoms with Crippen LogP contribution in [0.25, 0.3) is 0 Å². The molecule has 0 bridgehead atoms. The van der Waals surface area contributed by atoms with Gasteiger partial charge in [-0.05, 0) is 55.0 Å².